The van der Waals surface area contributed by atoms with E-state index in [1.165, 1.54) is 11.8 Å². The summed E-state index contributed by atoms with van der Waals surface area (Å²) >= 11 is 13.1. The second-order valence-electron chi connectivity index (χ2n) is 3.58. The van der Waals surface area contributed by atoms with Gasteiger partial charge in [-0.2, -0.15) is 0 Å². The van der Waals surface area contributed by atoms with Crippen molar-refractivity contribution in [2.45, 2.75) is 12.5 Å². The van der Waals surface area contributed by atoms with Crippen molar-refractivity contribution in [2.24, 2.45) is 0 Å². The van der Waals surface area contributed by atoms with Crippen LogP contribution in [0.25, 0.3) is 0 Å². The number of carbonyl (C=O) groups excluding carboxylic acids is 2. The molecule has 1 heterocycles. The average molecular weight is 290 g/mol. The third kappa shape index (κ3) is 2.76. The standard InChI is InChI=1S/C11H9Cl2NO2S/c12-6-2-1-3-7(13)9(6)10(15)14-8-4-5-17-11(8)16/h1-3,8H,4-5H2,(H,14,15)/t8-/m1/s1. The van der Waals surface area contributed by atoms with Crippen LogP contribution in [0.4, 0.5) is 0 Å². The van der Waals surface area contributed by atoms with E-state index in [2.05, 4.69) is 5.32 Å². The fourth-order valence-corrected chi connectivity index (χ4v) is 3.07. The molecule has 0 spiro atoms. The first-order valence-electron chi connectivity index (χ1n) is 5.01. The Kier molecular flexibility index (Phi) is 3.97. The lowest BCUT2D eigenvalue weighted by molar-refractivity contribution is -0.112. The molecule has 0 unspecified atom stereocenters. The summed E-state index contributed by atoms with van der Waals surface area (Å²) in [6, 6.07) is 4.42. The molecule has 0 saturated carbocycles. The van der Waals surface area contributed by atoms with Gasteiger partial charge in [0.25, 0.3) is 5.91 Å². The SMILES string of the molecule is O=C(N[C@@H]1CCSC1=O)c1c(Cl)cccc1Cl. The van der Waals surface area contributed by atoms with Crippen LogP contribution in [0.3, 0.4) is 0 Å². The van der Waals surface area contributed by atoms with E-state index in [1.807, 2.05) is 0 Å². The van der Waals surface area contributed by atoms with E-state index < -0.39 is 11.9 Å². The Labute approximate surface area is 113 Å². The number of hydrogen-bond acceptors (Lipinski definition) is 3. The highest BCUT2D eigenvalue weighted by molar-refractivity contribution is 8.14. The minimum atomic E-state index is -0.431. The van der Waals surface area contributed by atoms with Crippen LogP contribution in [0.5, 0.6) is 0 Å². The summed E-state index contributed by atoms with van der Waals surface area (Å²) in [4.78, 5) is 23.3. The minimum absolute atomic E-state index is 0.0125. The van der Waals surface area contributed by atoms with E-state index in [0.29, 0.717) is 6.42 Å². The van der Waals surface area contributed by atoms with E-state index >= 15 is 0 Å². The highest BCUT2D eigenvalue weighted by Crippen LogP contribution is 2.25. The predicted molar refractivity (Wildman–Crippen MR) is 69.8 cm³/mol. The smallest absolute Gasteiger partial charge is 0.254 e. The Balaban J connectivity index is 2.17. The summed E-state index contributed by atoms with van der Waals surface area (Å²) in [5.41, 5.74) is 0.223. The highest BCUT2D eigenvalue weighted by Gasteiger charge is 2.28. The van der Waals surface area contributed by atoms with Crippen LogP contribution in [0.2, 0.25) is 10.0 Å². The van der Waals surface area contributed by atoms with E-state index in [0.717, 1.165) is 5.75 Å². The maximum absolute atomic E-state index is 11.9. The van der Waals surface area contributed by atoms with Gasteiger partial charge in [0.05, 0.1) is 21.7 Å². The molecule has 1 saturated heterocycles. The number of hydrogen-bond donors (Lipinski definition) is 1. The molecule has 90 valence electrons. The van der Waals surface area contributed by atoms with Gasteiger partial charge in [0.1, 0.15) is 0 Å². The molecule has 1 aromatic carbocycles. The first kappa shape index (κ1) is 12.7. The van der Waals surface area contributed by atoms with E-state index in [1.54, 1.807) is 18.2 Å². The molecule has 6 heteroatoms. The van der Waals surface area contributed by atoms with Gasteiger partial charge < -0.3 is 5.32 Å². The van der Waals surface area contributed by atoms with Crippen LogP contribution in [-0.2, 0) is 4.79 Å². The molecule has 1 aliphatic heterocycles. The second-order valence-corrected chi connectivity index (χ2v) is 5.49. The quantitative estimate of drug-likeness (QED) is 0.911. The summed E-state index contributed by atoms with van der Waals surface area (Å²) in [6.45, 7) is 0. The zero-order valence-corrected chi connectivity index (χ0v) is 11.0. The Hall–Kier alpha value is -0.710. The van der Waals surface area contributed by atoms with E-state index in [-0.39, 0.29) is 20.7 Å². The number of thioether (sulfide) groups is 1. The molecule has 1 aromatic rings. The Morgan fingerprint density at radius 2 is 2.00 bits per heavy atom. The summed E-state index contributed by atoms with van der Waals surface area (Å²) < 4.78 is 0. The van der Waals surface area contributed by atoms with Crippen molar-refractivity contribution in [1.29, 1.82) is 0 Å². The summed E-state index contributed by atoms with van der Waals surface area (Å²) in [7, 11) is 0. The molecule has 1 amide bonds. The number of amides is 1. The van der Waals surface area contributed by atoms with Gasteiger partial charge in [-0.25, -0.2) is 0 Å². The van der Waals surface area contributed by atoms with Crippen LogP contribution >= 0.6 is 35.0 Å². The zero-order chi connectivity index (χ0) is 12.4. The highest BCUT2D eigenvalue weighted by atomic mass is 35.5. The molecular formula is C11H9Cl2NO2S. The Morgan fingerprint density at radius 3 is 2.53 bits per heavy atom. The molecule has 0 radical (unpaired) electrons. The molecular weight excluding hydrogens is 281 g/mol. The predicted octanol–water partition coefficient (Wildman–Crippen LogP) is 2.76. The van der Waals surface area contributed by atoms with Crippen molar-refractivity contribution in [2.75, 3.05) is 5.75 Å². The normalized spacial score (nSPS) is 19.4. The van der Waals surface area contributed by atoms with Crippen LogP contribution in [0.15, 0.2) is 18.2 Å². The van der Waals surface area contributed by atoms with Crippen LogP contribution < -0.4 is 5.32 Å². The molecule has 1 aliphatic rings. The number of halogens is 2. The fourth-order valence-electron chi connectivity index (χ4n) is 1.57. The molecule has 0 aromatic heterocycles. The summed E-state index contributed by atoms with van der Waals surface area (Å²) in [5.74, 6) is 0.335. The van der Waals surface area contributed by atoms with Crippen LogP contribution in [-0.4, -0.2) is 22.8 Å². The molecule has 0 bridgehead atoms. The third-order valence-electron chi connectivity index (χ3n) is 2.43. The average Bonchev–Trinajstić information content (AvgIpc) is 2.64. The Bertz CT molecular complexity index is 458. The van der Waals surface area contributed by atoms with Crippen LogP contribution in [0.1, 0.15) is 16.8 Å². The first-order valence-corrected chi connectivity index (χ1v) is 6.75. The first-order chi connectivity index (χ1) is 8.09. The summed E-state index contributed by atoms with van der Waals surface area (Å²) in [5, 5.41) is 3.21. The number of carbonyl (C=O) groups is 2. The van der Waals surface area contributed by atoms with Gasteiger partial charge in [0.15, 0.2) is 0 Å². The van der Waals surface area contributed by atoms with E-state index in [9.17, 15) is 9.59 Å². The molecule has 3 nitrogen and oxygen atoms in total. The van der Waals surface area contributed by atoms with Crippen molar-refractivity contribution in [3.63, 3.8) is 0 Å². The van der Waals surface area contributed by atoms with Gasteiger partial charge >= 0.3 is 0 Å². The molecule has 0 aliphatic carbocycles. The van der Waals surface area contributed by atoms with Crippen molar-refractivity contribution in [3.05, 3.63) is 33.8 Å². The maximum atomic E-state index is 11.9. The van der Waals surface area contributed by atoms with Gasteiger partial charge in [-0.15, -0.1) is 0 Å². The molecule has 1 atom stereocenters. The van der Waals surface area contributed by atoms with E-state index in [4.69, 9.17) is 23.2 Å². The molecule has 2 rings (SSSR count). The lowest BCUT2D eigenvalue weighted by Gasteiger charge is -2.12. The second kappa shape index (κ2) is 5.29. The lowest BCUT2D eigenvalue weighted by atomic mass is 10.2. The lowest BCUT2D eigenvalue weighted by Crippen LogP contribution is -2.37. The van der Waals surface area contributed by atoms with Gasteiger partial charge in [0.2, 0.25) is 5.12 Å². The van der Waals surface area contributed by atoms with Crippen molar-refractivity contribution >= 4 is 46.0 Å². The number of nitrogens with one attached hydrogen (secondary N) is 1. The van der Waals surface area contributed by atoms with Crippen molar-refractivity contribution in [3.8, 4) is 0 Å². The monoisotopic (exact) mass is 289 g/mol. The third-order valence-corrected chi connectivity index (χ3v) is 4.07. The summed E-state index contributed by atoms with van der Waals surface area (Å²) in [6.07, 6.45) is 0.650. The number of rotatable bonds is 2. The maximum Gasteiger partial charge on any atom is 0.254 e. The molecule has 1 N–H and O–H groups in total. The molecule has 17 heavy (non-hydrogen) atoms. The zero-order valence-electron chi connectivity index (χ0n) is 8.70. The topological polar surface area (TPSA) is 46.2 Å². The molecule has 1 fully saturated rings. The van der Waals surface area contributed by atoms with Gasteiger partial charge in [-0.3, -0.25) is 9.59 Å². The number of benzene rings is 1. The van der Waals surface area contributed by atoms with Crippen molar-refractivity contribution < 1.29 is 9.59 Å². The van der Waals surface area contributed by atoms with Gasteiger partial charge in [0, 0.05) is 5.75 Å². The van der Waals surface area contributed by atoms with Gasteiger partial charge in [-0.05, 0) is 18.6 Å². The van der Waals surface area contributed by atoms with Crippen molar-refractivity contribution in [1.82, 2.24) is 5.32 Å². The largest absolute Gasteiger partial charge is 0.341 e. The fraction of sp³-hybridized carbons (Fsp3) is 0.273. The Morgan fingerprint density at radius 1 is 1.35 bits per heavy atom. The van der Waals surface area contributed by atoms with Gasteiger partial charge in [-0.1, -0.05) is 41.0 Å². The van der Waals surface area contributed by atoms with Crippen LogP contribution in [0, 0.1) is 0 Å². The minimum Gasteiger partial charge on any atom is -0.341 e.